The lowest BCUT2D eigenvalue weighted by molar-refractivity contribution is -0.138. The molecule has 0 aliphatic carbocycles. The maximum atomic E-state index is 12.6. The lowest BCUT2D eigenvalue weighted by Crippen LogP contribution is -2.37. The molecule has 3 heterocycles. The summed E-state index contributed by atoms with van der Waals surface area (Å²) in [7, 11) is 1.63. The fourth-order valence-corrected chi connectivity index (χ4v) is 3.01. The Hall–Kier alpha value is -3.02. The van der Waals surface area contributed by atoms with E-state index in [1.807, 2.05) is 36.4 Å². The Morgan fingerprint density at radius 2 is 2.20 bits per heavy atom. The van der Waals surface area contributed by atoms with Gasteiger partial charge in [0.2, 0.25) is 5.88 Å². The van der Waals surface area contributed by atoms with E-state index >= 15 is 0 Å². The van der Waals surface area contributed by atoms with E-state index in [-0.39, 0.29) is 5.91 Å². The van der Waals surface area contributed by atoms with Gasteiger partial charge in [0.05, 0.1) is 32.0 Å². The van der Waals surface area contributed by atoms with Gasteiger partial charge in [0, 0.05) is 10.9 Å². The fourth-order valence-electron chi connectivity index (χ4n) is 3.01. The van der Waals surface area contributed by atoms with Gasteiger partial charge in [-0.25, -0.2) is 4.98 Å². The van der Waals surface area contributed by atoms with Crippen molar-refractivity contribution in [1.82, 2.24) is 9.88 Å². The number of amides is 1. The number of aromatic nitrogens is 1. The van der Waals surface area contributed by atoms with Crippen molar-refractivity contribution in [1.29, 1.82) is 0 Å². The first-order chi connectivity index (χ1) is 12.1. The van der Waals surface area contributed by atoms with E-state index in [2.05, 4.69) is 4.98 Å². The van der Waals surface area contributed by atoms with Crippen LogP contribution in [0, 0.1) is 0 Å². The molecule has 25 heavy (non-hydrogen) atoms. The Kier molecular flexibility index (Phi) is 3.80. The van der Waals surface area contributed by atoms with E-state index in [1.54, 1.807) is 25.2 Å². The molecule has 0 saturated carbocycles. The quantitative estimate of drug-likeness (QED) is 0.734. The summed E-state index contributed by atoms with van der Waals surface area (Å²) < 4.78 is 16.5. The largest absolute Gasteiger partial charge is 0.497 e. The first kappa shape index (κ1) is 15.5. The number of nitrogens with zero attached hydrogens (tertiary/aromatic N) is 2. The SMILES string of the molecule is COc1ccc2nc3c(cc2c1)CN(Cc1ccco1)C(=O)[C@H](C)O3. The van der Waals surface area contributed by atoms with Crippen molar-refractivity contribution in [2.75, 3.05) is 7.11 Å². The number of carbonyl (C=O) groups excluding carboxylic acids is 1. The van der Waals surface area contributed by atoms with E-state index in [9.17, 15) is 4.79 Å². The van der Waals surface area contributed by atoms with Crippen LogP contribution in [0.3, 0.4) is 0 Å². The van der Waals surface area contributed by atoms with Crippen LogP contribution < -0.4 is 9.47 Å². The third kappa shape index (κ3) is 2.91. The molecule has 4 rings (SSSR count). The highest BCUT2D eigenvalue weighted by atomic mass is 16.5. The number of methoxy groups -OCH3 is 1. The van der Waals surface area contributed by atoms with Gasteiger partial charge in [-0.05, 0) is 43.3 Å². The first-order valence-electron chi connectivity index (χ1n) is 8.09. The molecule has 3 aromatic rings. The van der Waals surface area contributed by atoms with Gasteiger partial charge >= 0.3 is 0 Å². The maximum Gasteiger partial charge on any atom is 0.264 e. The first-order valence-corrected chi connectivity index (χ1v) is 8.09. The van der Waals surface area contributed by atoms with Crippen LogP contribution in [0.5, 0.6) is 11.6 Å². The highest BCUT2D eigenvalue weighted by molar-refractivity contribution is 5.84. The van der Waals surface area contributed by atoms with Gasteiger partial charge in [0.1, 0.15) is 11.5 Å². The molecule has 1 atom stereocenters. The summed E-state index contributed by atoms with van der Waals surface area (Å²) >= 11 is 0. The predicted octanol–water partition coefficient (Wildman–Crippen LogP) is 3.15. The standard InChI is InChI=1S/C19H18N2O4/c1-12-19(22)21(11-16-4-3-7-24-16)10-14-8-13-9-15(23-2)5-6-17(13)20-18(14)25-12/h3-9,12H,10-11H2,1-2H3/t12-/m0/s1. The molecule has 0 saturated heterocycles. The van der Waals surface area contributed by atoms with Gasteiger partial charge in [-0.2, -0.15) is 0 Å². The predicted molar refractivity (Wildman–Crippen MR) is 91.3 cm³/mol. The lowest BCUT2D eigenvalue weighted by atomic mass is 10.1. The van der Waals surface area contributed by atoms with E-state index in [0.717, 1.165) is 28.0 Å². The van der Waals surface area contributed by atoms with Gasteiger partial charge < -0.3 is 18.8 Å². The van der Waals surface area contributed by atoms with Crippen molar-refractivity contribution >= 4 is 16.8 Å². The van der Waals surface area contributed by atoms with Crippen LogP contribution in [-0.4, -0.2) is 29.0 Å². The summed E-state index contributed by atoms with van der Waals surface area (Å²) in [4.78, 5) is 19.0. The van der Waals surface area contributed by atoms with Gasteiger partial charge in [-0.1, -0.05) is 0 Å². The molecular weight excluding hydrogens is 320 g/mol. The molecule has 6 nitrogen and oxygen atoms in total. The lowest BCUT2D eigenvalue weighted by Gasteiger charge is -2.20. The van der Waals surface area contributed by atoms with Gasteiger partial charge in [-0.3, -0.25) is 4.79 Å². The third-order valence-corrected chi connectivity index (χ3v) is 4.30. The van der Waals surface area contributed by atoms with Crippen LogP contribution in [0.2, 0.25) is 0 Å². The fraction of sp³-hybridized carbons (Fsp3) is 0.263. The van der Waals surface area contributed by atoms with Crippen molar-refractivity contribution < 1.29 is 18.7 Å². The monoisotopic (exact) mass is 338 g/mol. The van der Waals surface area contributed by atoms with E-state index in [0.29, 0.717) is 19.0 Å². The zero-order valence-electron chi connectivity index (χ0n) is 14.1. The molecule has 0 fully saturated rings. The van der Waals surface area contributed by atoms with Crippen LogP contribution in [0.25, 0.3) is 10.9 Å². The summed E-state index contributed by atoms with van der Waals surface area (Å²) in [5.41, 5.74) is 1.67. The number of pyridine rings is 1. The molecule has 0 spiro atoms. The molecule has 2 aromatic heterocycles. The molecule has 6 heteroatoms. The molecule has 0 N–H and O–H groups in total. The maximum absolute atomic E-state index is 12.6. The summed E-state index contributed by atoms with van der Waals surface area (Å²) in [6, 6.07) is 11.3. The topological polar surface area (TPSA) is 64.8 Å². The van der Waals surface area contributed by atoms with Crippen molar-refractivity contribution in [3.8, 4) is 11.6 Å². The number of hydrogen-bond acceptors (Lipinski definition) is 5. The number of carbonyl (C=O) groups is 1. The van der Waals surface area contributed by atoms with Crippen LogP contribution in [0.15, 0.2) is 47.1 Å². The summed E-state index contributed by atoms with van der Waals surface area (Å²) in [6.45, 7) is 2.56. The van der Waals surface area contributed by atoms with Gasteiger partial charge in [0.15, 0.2) is 6.10 Å². The molecule has 1 amide bonds. The third-order valence-electron chi connectivity index (χ3n) is 4.30. The molecule has 0 bridgehead atoms. The van der Waals surface area contributed by atoms with E-state index in [4.69, 9.17) is 13.9 Å². The normalized spacial score (nSPS) is 17.1. The number of rotatable bonds is 3. The zero-order valence-corrected chi connectivity index (χ0v) is 14.1. The minimum Gasteiger partial charge on any atom is -0.497 e. The molecule has 1 aliphatic rings. The zero-order chi connectivity index (χ0) is 17.4. The summed E-state index contributed by atoms with van der Waals surface area (Å²) in [6.07, 6.45) is 1.01. The molecule has 128 valence electrons. The number of furan rings is 1. The number of fused-ring (bicyclic) bond motifs is 2. The Labute approximate surface area is 145 Å². The Balaban J connectivity index is 1.74. The highest BCUT2D eigenvalue weighted by Gasteiger charge is 2.29. The molecule has 1 aliphatic heterocycles. The van der Waals surface area contributed by atoms with Crippen LogP contribution in [0.4, 0.5) is 0 Å². The van der Waals surface area contributed by atoms with Crippen molar-refractivity contribution in [2.45, 2.75) is 26.1 Å². The van der Waals surface area contributed by atoms with Crippen molar-refractivity contribution in [2.24, 2.45) is 0 Å². The van der Waals surface area contributed by atoms with Crippen LogP contribution >= 0.6 is 0 Å². The highest BCUT2D eigenvalue weighted by Crippen LogP contribution is 2.30. The smallest absolute Gasteiger partial charge is 0.264 e. The van der Waals surface area contributed by atoms with Crippen LogP contribution in [0.1, 0.15) is 18.2 Å². The minimum absolute atomic E-state index is 0.0870. The minimum atomic E-state index is -0.598. The number of ether oxygens (including phenoxy) is 2. The van der Waals surface area contributed by atoms with Crippen molar-refractivity contribution in [3.05, 3.63) is 54.0 Å². The second-order valence-electron chi connectivity index (χ2n) is 6.05. The van der Waals surface area contributed by atoms with Crippen molar-refractivity contribution in [3.63, 3.8) is 0 Å². The van der Waals surface area contributed by atoms with E-state index < -0.39 is 6.10 Å². The Morgan fingerprint density at radius 1 is 1.32 bits per heavy atom. The number of hydrogen-bond donors (Lipinski definition) is 0. The Bertz CT molecular complexity index is 921. The van der Waals surface area contributed by atoms with E-state index in [1.165, 1.54) is 0 Å². The average Bonchev–Trinajstić information content (AvgIpc) is 3.09. The second kappa shape index (κ2) is 6.12. The number of benzene rings is 1. The van der Waals surface area contributed by atoms with Crippen LogP contribution in [-0.2, 0) is 17.9 Å². The second-order valence-corrected chi connectivity index (χ2v) is 6.05. The molecule has 1 aromatic carbocycles. The summed E-state index contributed by atoms with van der Waals surface area (Å²) in [5, 5.41) is 0.946. The molecular formula is C19H18N2O4. The molecule has 0 unspecified atom stereocenters. The Morgan fingerprint density at radius 3 is 2.96 bits per heavy atom. The molecule has 0 radical (unpaired) electrons. The average molecular weight is 338 g/mol. The van der Waals surface area contributed by atoms with Gasteiger partial charge in [0.25, 0.3) is 5.91 Å². The van der Waals surface area contributed by atoms with Gasteiger partial charge in [-0.15, -0.1) is 0 Å². The summed E-state index contributed by atoms with van der Waals surface area (Å²) in [5.74, 6) is 1.91.